The maximum absolute atomic E-state index is 12.9. The first-order valence-corrected chi connectivity index (χ1v) is 9.96. The topological polar surface area (TPSA) is 60.9 Å². The predicted molar refractivity (Wildman–Crippen MR) is 106 cm³/mol. The first kappa shape index (κ1) is 17.8. The number of Topliss-reactive ketones (excluding diaryl/α,β-unsaturated/α-hetero) is 1. The highest BCUT2D eigenvalue weighted by molar-refractivity contribution is 8.00. The van der Waals surface area contributed by atoms with Gasteiger partial charge in [-0.3, -0.25) is 9.36 Å². The smallest absolute Gasteiger partial charge is 0.200 e. The monoisotopic (exact) mass is 379 g/mol. The Morgan fingerprint density at radius 1 is 1.33 bits per heavy atom. The Labute approximate surface area is 162 Å². The van der Waals surface area contributed by atoms with Crippen molar-refractivity contribution >= 4 is 17.5 Å². The number of thioether (sulfide) groups is 1. The third-order valence-corrected chi connectivity index (χ3v) is 5.88. The summed E-state index contributed by atoms with van der Waals surface area (Å²) in [4.78, 5) is 12.9. The molecule has 4 rings (SSSR count). The van der Waals surface area contributed by atoms with E-state index in [1.54, 1.807) is 12.3 Å². The lowest BCUT2D eigenvalue weighted by molar-refractivity contribution is 0.0993. The van der Waals surface area contributed by atoms with E-state index < -0.39 is 0 Å². The molecule has 0 radical (unpaired) electrons. The van der Waals surface area contributed by atoms with Gasteiger partial charge in [0, 0.05) is 12.1 Å². The summed E-state index contributed by atoms with van der Waals surface area (Å²) in [5, 5.41) is 8.95. The normalized spacial score (nSPS) is 14.1. The van der Waals surface area contributed by atoms with Crippen molar-refractivity contribution < 1.29 is 9.21 Å². The zero-order chi connectivity index (χ0) is 18.8. The SMILES string of the molecule is C=CCn1c(SC(C)C(=O)c2ccc3c(c2)CCC3)nnc1-c1ccco1. The number of aromatic nitrogens is 3. The quantitative estimate of drug-likeness (QED) is 0.342. The number of aryl methyl sites for hydroxylation is 2. The second kappa shape index (κ2) is 7.56. The molecule has 0 saturated heterocycles. The molecule has 3 aromatic rings. The van der Waals surface area contributed by atoms with Gasteiger partial charge in [0.25, 0.3) is 0 Å². The highest BCUT2D eigenvalue weighted by atomic mass is 32.2. The molecule has 6 heteroatoms. The van der Waals surface area contributed by atoms with E-state index in [1.807, 2.05) is 29.7 Å². The summed E-state index contributed by atoms with van der Waals surface area (Å²) in [6.45, 7) is 6.27. The lowest BCUT2D eigenvalue weighted by atomic mass is 10.0. The van der Waals surface area contributed by atoms with Crippen molar-refractivity contribution in [2.45, 2.75) is 43.1 Å². The number of ketones is 1. The zero-order valence-corrected chi connectivity index (χ0v) is 16.0. The Hall–Kier alpha value is -2.60. The van der Waals surface area contributed by atoms with Crippen LogP contribution in [0.2, 0.25) is 0 Å². The number of carbonyl (C=O) groups excluding carboxylic acids is 1. The minimum atomic E-state index is -0.262. The molecule has 1 aliphatic carbocycles. The Morgan fingerprint density at radius 3 is 2.96 bits per heavy atom. The number of nitrogens with zero attached hydrogens (tertiary/aromatic N) is 3. The van der Waals surface area contributed by atoms with Gasteiger partial charge in [0.05, 0.1) is 11.5 Å². The van der Waals surface area contributed by atoms with Crippen LogP contribution in [0.25, 0.3) is 11.6 Å². The molecule has 1 unspecified atom stereocenters. The summed E-state index contributed by atoms with van der Waals surface area (Å²) in [6.07, 6.45) is 6.76. The molecule has 0 saturated carbocycles. The van der Waals surface area contributed by atoms with Crippen LogP contribution in [0.5, 0.6) is 0 Å². The van der Waals surface area contributed by atoms with Crippen LogP contribution < -0.4 is 0 Å². The van der Waals surface area contributed by atoms with Crippen LogP contribution in [0.4, 0.5) is 0 Å². The van der Waals surface area contributed by atoms with Crippen molar-refractivity contribution in [1.29, 1.82) is 0 Å². The first-order valence-electron chi connectivity index (χ1n) is 9.08. The Balaban J connectivity index is 1.56. The standard InChI is InChI=1S/C21H21N3O2S/c1-3-11-24-20(18-8-5-12-26-18)22-23-21(24)27-14(2)19(25)17-10-9-15-6-4-7-16(15)13-17/h3,5,8-10,12-14H,1,4,6-7,11H2,2H3. The number of carbonyl (C=O) groups is 1. The van der Waals surface area contributed by atoms with E-state index in [0.29, 0.717) is 23.3 Å². The summed E-state index contributed by atoms with van der Waals surface area (Å²) >= 11 is 1.41. The van der Waals surface area contributed by atoms with Gasteiger partial charge >= 0.3 is 0 Å². The van der Waals surface area contributed by atoms with Crippen LogP contribution in [-0.2, 0) is 19.4 Å². The highest BCUT2D eigenvalue weighted by Gasteiger charge is 2.23. The van der Waals surface area contributed by atoms with Gasteiger partial charge in [0.2, 0.25) is 5.82 Å². The van der Waals surface area contributed by atoms with Gasteiger partial charge in [0.1, 0.15) is 0 Å². The lowest BCUT2D eigenvalue weighted by Gasteiger charge is -2.12. The Kier molecular flexibility index (Phi) is 4.99. The lowest BCUT2D eigenvalue weighted by Crippen LogP contribution is -2.15. The van der Waals surface area contributed by atoms with E-state index in [-0.39, 0.29) is 11.0 Å². The van der Waals surface area contributed by atoms with Crippen LogP contribution in [-0.4, -0.2) is 25.8 Å². The number of benzene rings is 1. The van der Waals surface area contributed by atoms with Gasteiger partial charge in [-0.2, -0.15) is 0 Å². The van der Waals surface area contributed by atoms with Crippen LogP contribution in [0.3, 0.4) is 0 Å². The fraction of sp³-hybridized carbons (Fsp3) is 0.286. The summed E-state index contributed by atoms with van der Waals surface area (Å²) in [6, 6.07) is 9.77. The number of rotatable bonds is 7. The van der Waals surface area contributed by atoms with Crippen LogP contribution >= 0.6 is 11.8 Å². The summed E-state index contributed by atoms with van der Waals surface area (Å²) in [5.41, 5.74) is 3.46. The Bertz CT molecular complexity index is 975. The highest BCUT2D eigenvalue weighted by Crippen LogP contribution is 2.30. The van der Waals surface area contributed by atoms with Crippen LogP contribution in [0.1, 0.15) is 34.8 Å². The minimum Gasteiger partial charge on any atom is -0.461 e. The van der Waals surface area contributed by atoms with Crippen molar-refractivity contribution in [3.05, 3.63) is 65.9 Å². The van der Waals surface area contributed by atoms with E-state index in [0.717, 1.165) is 18.4 Å². The minimum absolute atomic E-state index is 0.113. The van der Waals surface area contributed by atoms with Crippen molar-refractivity contribution in [2.75, 3.05) is 0 Å². The second-order valence-corrected chi connectivity index (χ2v) is 7.95. The van der Waals surface area contributed by atoms with Gasteiger partial charge in [0.15, 0.2) is 16.7 Å². The fourth-order valence-electron chi connectivity index (χ4n) is 3.43. The molecule has 1 aliphatic rings. The van der Waals surface area contributed by atoms with E-state index in [4.69, 9.17) is 4.42 Å². The third kappa shape index (κ3) is 3.49. The molecular weight excluding hydrogens is 358 g/mol. The molecule has 0 bridgehead atoms. The van der Waals surface area contributed by atoms with Gasteiger partial charge in [-0.05, 0) is 55.5 Å². The summed E-state index contributed by atoms with van der Waals surface area (Å²) in [7, 11) is 0. The Morgan fingerprint density at radius 2 is 2.19 bits per heavy atom. The molecule has 2 heterocycles. The molecule has 0 aliphatic heterocycles. The van der Waals surface area contributed by atoms with E-state index in [1.165, 1.54) is 29.3 Å². The average Bonchev–Trinajstić information content (AvgIpc) is 3.42. The first-order chi connectivity index (χ1) is 13.2. The van der Waals surface area contributed by atoms with E-state index in [9.17, 15) is 4.79 Å². The molecule has 0 fully saturated rings. The number of hydrogen-bond acceptors (Lipinski definition) is 5. The molecule has 0 spiro atoms. The summed E-state index contributed by atoms with van der Waals surface area (Å²) < 4.78 is 7.37. The molecule has 1 atom stereocenters. The van der Waals surface area contributed by atoms with Gasteiger partial charge < -0.3 is 4.42 Å². The number of allylic oxidation sites excluding steroid dienone is 1. The summed E-state index contributed by atoms with van der Waals surface area (Å²) in [5.74, 6) is 1.40. The maximum atomic E-state index is 12.9. The molecule has 138 valence electrons. The molecule has 27 heavy (non-hydrogen) atoms. The average molecular weight is 379 g/mol. The van der Waals surface area contributed by atoms with Crippen molar-refractivity contribution in [3.63, 3.8) is 0 Å². The fourth-order valence-corrected chi connectivity index (χ4v) is 4.36. The molecular formula is C21H21N3O2S. The van der Waals surface area contributed by atoms with Crippen molar-refractivity contribution in [2.24, 2.45) is 0 Å². The predicted octanol–water partition coefficient (Wildman–Crippen LogP) is 4.58. The molecule has 5 nitrogen and oxygen atoms in total. The second-order valence-electron chi connectivity index (χ2n) is 6.64. The number of hydrogen-bond donors (Lipinski definition) is 0. The zero-order valence-electron chi connectivity index (χ0n) is 15.2. The van der Waals surface area contributed by atoms with Crippen LogP contribution in [0, 0.1) is 0 Å². The van der Waals surface area contributed by atoms with Crippen molar-refractivity contribution in [3.8, 4) is 11.6 Å². The van der Waals surface area contributed by atoms with Crippen molar-refractivity contribution in [1.82, 2.24) is 14.8 Å². The van der Waals surface area contributed by atoms with Gasteiger partial charge in [-0.15, -0.1) is 16.8 Å². The molecule has 1 aromatic carbocycles. The number of furan rings is 1. The van der Waals surface area contributed by atoms with E-state index in [2.05, 4.69) is 28.9 Å². The molecule has 0 N–H and O–H groups in total. The third-order valence-electron chi connectivity index (χ3n) is 4.80. The maximum Gasteiger partial charge on any atom is 0.200 e. The number of fused-ring (bicyclic) bond motifs is 1. The molecule has 0 amide bonds. The van der Waals surface area contributed by atoms with Gasteiger partial charge in [-0.1, -0.05) is 30.0 Å². The molecule has 2 aromatic heterocycles. The largest absolute Gasteiger partial charge is 0.461 e. The van der Waals surface area contributed by atoms with Gasteiger partial charge in [-0.25, -0.2) is 0 Å². The van der Waals surface area contributed by atoms with Crippen LogP contribution in [0.15, 0.2) is 58.8 Å². The van der Waals surface area contributed by atoms with E-state index >= 15 is 0 Å².